The predicted octanol–water partition coefficient (Wildman–Crippen LogP) is 5.20. The molecule has 0 spiro atoms. The number of benzene rings is 4. The van der Waals surface area contributed by atoms with Crippen LogP contribution in [0.3, 0.4) is 0 Å². The lowest BCUT2D eigenvalue weighted by Gasteiger charge is -2.49. The fourth-order valence-electron chi connectivity index (χ4n) is 9.84. The number of amides is 2. The largest absolute Gasteiger partial charge is 0.507 e. The summed E-state index contributed by atoms with van der Waals surface area (Å²) in [7, 11) is 4.60. The lowest BCUT2D eigenvalue weighted by molar-refractivity contribution is -0.124. The molecule has 2 fully saturated rings. The van der Waals surface area contributed by atoms with E-state index in [2.05, 4.69) is 11.6 Å². The average molecular weight is 841 g/mol. The van der Waals surface area contributed by atoms with Gasteiger partial charge >= 0.3 is 11.4 Å². The second kappa shape index (κ2) is 15.0. The van der Waals surface area contributed by atoms with Crippen molar-refractivity contribution in [3.05, 3.63) is 168 Å². The number of nitrogens with zero attached hydrogens (tertiary/aromatic N) is 6. The molecule has 9 rings (SSSR count). The molecule has 1 aliphatic carbocycles. The number of anilines is 1. The van der Waals surface area contributed by atoms with Gasteiger partial charge in [-0.05, 0) is 47.7 Å². The topological polar surface area (TPSA) is 160 Å². The van der Waals surface area contributed by atoms with E-state index in [-0.39, 0.29) is 37.4 Å². The minimum atomic E-state index is -1.59. The Kier molecular flexibility index (Phi) is 9.69. The van der Waals surface area contributed by atoms with Crippen LogP contribution in [0.2, 0.25) is 5.02 Å². The first-order valence-electron chi connectivity index (χ1n) is 19.8. The number of carbonyl (C=O) groups is 2. The van der Waals surface area contributed by atoms with E-state index in [1.807, 2.05) is 24.3 Å². The van der Waals surface area contributed by atoms with Crippen LogP contribution in [0.1, 0.15) is 40.8 Å². The van der Waals surface area contributed by atoms with Crippen molar-refractivity contribution in [3.63, 3.8) is 0 Å². The summed E-state index contributed by atoms with van der Waals surface area (Å²) in [6, 6.07) is 23.3. The highest BCUT2D eigenvalue weighted by molar-refractivity contribution is 6.32. The van der Waals surface area contributed by atoms with Gasteiger partial charge in [0.25, 0.3) is 5.56 Å². The standard InChI is InChI=1S/C46H41ClN6O8/c1-5-11-26-12-9-17-31(40(26)54)39-30-18-21-51-44(58)50(20-19-33-42(56)49(2)36-25-38(61-4)37(60-3)24-34(36)48-33)45(59)53(51)35(30)23-32-41(55)52(29-16-10-15-28(47)22-29)43(57)46(32,39)27-13-7-6-8-14-27/h5-10,12-18,22,24-25,32,35,39,54H,1,11,19-21,23H2,2-4H3/t32-,35+,39+,46+/m0/s1. The first-order valence-corrected chi connectivity index (χ1v) is 20.2. The molecule has 1 saturated heterocycles. The SMILES string of the molecule is C=CCc1cccc([C@H]2C3=CCn4c(=O)n(CCc5nc6cc(OC)c(OC)cc6n(C)c5=O)c(=O)n4[C@@H]3C[C@H]3C(=O)N(c4cccc(Cl)c4)C(=O)[C@@]23c2ccccc2)c1O. The van der Waals surface area contributed by atoms with Gasteiger partial charge in [-0.3, -0.25) is 14.4 Å². The van der Waals surface area contributed by atoms with E-state index in [1.54, 1.807) is 79.9 Å². The van der Waals surface area contributed by atoms with E-state index in [0.29, 0.717) is 61.9 Å². The Morgan fingerprint density at radius 2 is 1.67 bits per heavy atom. The Morgan fingerprint density at radius 1 is 0.934 bits per heavy atom. The van der Waals surface area contributed by atoms with Crippen molar-refractivity contribution in [1.82, 2.24) is 23.5 Å². The van der Waals surface area contributed by atoms with Gasteiger partial charge in [-0.1, -0.05) is 78.4 Å². The number of hydrogen-bond donors (Lipinski definition) is 1. The van der Waals surface area contributed by atoms with Gasteiger partial charge in [0.1, 0.15) is 11.4 Å². The second-order valence-corrected chi connectivity index (χ2v) is 15.9. The van der Waals surface area contributed by atoms with Crippen molar-refractivity contribution in [2.75, 3.05) is 19.1 Å². The monoisotopic (exact) mass is 840 g/mol. The lowest BCUT2D eigenvalue weighted by atomic mass is 9.53. The van der Waals surface area contributed by atoms with Crippen LogP contribution in [0, 0.1) is 5.92 Å². The first-order chi connectivity index (χ1) is 29.5. The summed E-state index contributed by atoms with van der Waals surface area (Å²) in [5.74, 6) is -2.23. The van der Waals surface area contributed by atoms with Crippen molar-refractivity contribution >= 4 is 40.1 Å². The van der Waals surface area contributed by atoms with Gasteiger partial charge in [0, 0.05) is 48.6 Å². The summed E-state index contributed by atoms with van der Waals surface area (Å²) in [5.41, 5.74) is 0.289. The number of ether oxygens (including phenoxy) is 2. The molecule has 14 nitrogen and oxygen atoms in total. The zero-order valence-electron chi connectivity index (χ0n) is 33.6. The summed E-state index contributed by atoms with van der Waals surface area (Å²) in [5, 5.41) is 12.4. The molecule has 0 bridgehead atoms. The van der Waals surface area contributed by atoms with Gasteiger partial charge in [-0.15, -0.1) is 6.58 Å². The summed E-state index contributed by atoms with van der Waals surface area (Å²) in [4.78, 5) is 78.9. The number of rotatable bonds is 10. The summed E-state index contributed by atoms with van der Waals surface area (Å²) >= 11 is 6.43. The Bertz CT molecular complexity index is 3040. The molecule has 1 N–H and O–H groups in total. The molecule has 2 aromatic heterocycles. The maximum atomic E-state index is 15.5. The average Bonchev–Trinajstić information content (AvgIpc) is 3.65. The Labute approximate surface area is 353 Å². The van der Waals surface area contributed by atoms with E-state index in [4.69, 9.17) is 21.1 Å². The molecular formula is C46H41ClN6O8. The highest BCUT2D eigenvalue weighted by atomic mass is 35.5. The minimum Gasteiger partial charge on any atom is -0.507 e. The molecule has 0 radical (unpaired) electrons. The van der Waals surface area contributed by atoms with Gasteiger partial charge in [0.2, 0.25) is 11.8 Å². The highest BCUT2D eigenvalue weighted by Crippen LogP contribution is 2.63. The number of hydrogen-bond acceptors (Lipinski definition) is 9. The van der Waals surface area contributed by atoms with Crippen molar-refractivity contribution in [1.29, 1.82) is 0 Å². The fraction of sp³-hybridized carbons (Fsp3) is 0.261. The zero-order valence-corrected chi connectivity index (χ0v) is 34.3. The maximum Gasteiger partial charge on any atom is 0.347 e. The van der Waals surface area contributed by atoms with Crippen LogP contribution < -0.4 is 31.3 Å². The van der Waals surface area contributed by atoms with Crippen molar-refractivity contribution in [3.8, 4) is 17.2 Å². The third-order valence-electron chi connectivity index (χ3n) is 12.6. The predicted molar refractivity (Wildman–Crippen MR) is 229 cm³/mol. The molecule has 310 valence electrons. The number of phenolic OH excluding ortho intramolecular Hbond substituents is 1. The normalized spacial score (nSPS) is 20.6. The van der Waals surface area contributed by atoms with Crippen LogP contribution in [0.5, 0.6) is 17.2 Å². The highest BCUT2D eigenvalue weighted by Gasteiger charge is 2.69. The van der Waals surface area contributed by atoms with Crippen LogP contribution in [0.15, 0.2) is 124 Å². The summed E-state index contributed by atoms with van der Waals surface area (Å²) in [6.07, 6.45) is 3.77. The third-order valence-corrected chi connectivity index (χ3v) is 12.8. The molecular weight excluding hydrogens is 800 g/mol. The van der Waals surface area contributed by atoms with Gasteiger partial charge in [-0.25, -0.2) is 33.4 Å². The van der Waals surface area contributed by atoms with Crippen molar-refractivity contribution in [2.24, 2.45) is 13.0 Å². The van der Waals surface area contributed by atoms with Crippen LogP contribution in [0.25, 0.3) is 11.0 Å². The molecule has 2 aliphatic heterocycles. The smallest absolute Gasteiger partial charge is 0.347 e. The fourth-order valence-corrected chi connectivity index (χ4v) is 10.0. The number of methoxy groups -OCH3 is 2. The van der Waals surface area contributed by atoms with Gasteiger partial charge in [-0.2, -0.15) is 0 Å². The maximum absolute atomic E-state index is 15.5. The van der Waals surface area contributed by atoms with Crippen LogP contribution in [-0.2, 0) is 48.0 Å². The van der Waals surface area contributed by atoms with E-state index in [1.165, 1.54) is 33.1 Å². The van der Waals surface area contributed by atoms with Crippen LogP contribution in [-0.4, -0.2) is 54.6 Å². The van der Waals surface area contributed by atoms with E-state index >= 15 is 9.59 Å². The number of halogens is 1. The Hall–Kier alpha value is -6.93. The molecule has 4 atom stereocenters. The van der Waals surface area contributed by atoms with Crippen molar-refractivity contribution < 1.29 is 24.2 Å². The number of aromatic hydroxyl groups is 1. The molecule has 61 heavy (non-hydrogen) atoms. The molecule has 2 amide bonds. The Morgan fingerprint density at radius 3 is 2.39 bits per heavy atom. The molecule has 4 aromatic carbocycles. The molecule has 3 aliphatic rings. The number of aromatic nitrogens is 5. The first kappa shape index (κ1) is 39.5. The summed E-state index contributed by atoms with van der Waals surface area (Å²) < 4.78 is 16.1. The number of aryl methyl sites for hydroxylation is 2. The molecule has 6 aromatic rings. The van der Waals surface area contributed by atoms with E-state index < -0.39 is 52.0 Å². The van der Waals surface area contributed by atoms with E-state index in [0.717, 1.165) is 4.57 Å². The van der Waals surface area contributed by atoms with Crippen LogP contribution >= 0.6 is 11.6 Å². The van der Waals surface area contributed by atoms with Crippen LogP contribution in [0.4, 0.5) is 5.69 Å². The molecule has 15 heteroatoms. The molecule has 0 unspecified atom stereocenters. The number of imide groups is 1. The number of allylic oxidation sites excluding steroid dienone is 3. The van der Waals surface area contributed by atoms with Gasteiger partial charge in [0.05, 0.1) is 54.9 Å². The van der Waals surface area contributed by atoms with Crippen molar-refractivity contribution in [2.45, 2.75) is 49.7 Å². The lowest BCUT2D eigenvalue weighted by Crippen LogP contribution is -2.53. The Balaban J connectivity index is 1.20. The number of phenols is 1. The zero-order chi connectivity index (χ0) is 42.9. The van der Waals surface area contributed by atoms with Gasteiger partial charge < -0.3 is 19.1 Å². The number of para-hydroxylation sites is 1. The van der Waals surface area contributed by atoms with E-state index in [9.17, 15) is 19.5 Å². The number of fused-ring (bicyclic) bond motifs is 5. The quantitative estimate of drug-likeness (QED) is 0.145. The van der Waals surface area contributed by atoms with Gasteiger partial charge in [0.15, 0.2) is 11.5 Å². The molecule has 4 heterocycles. The minimum absolute atomic E-state index is 0.0204. The number of carbonyl (C=O) groups excluding carboxylic acids is 2. The third kappa shape index (κ3) is 5.83. The molecule has 1 saturated carbocycles. The second-order valence-electron chi connectivity index (χ2n) is 15.5. The summed E-state index contributed by atoms with van der Waals surface area (Å²) in [6.45, 7) is 3.66.